The lowest BCUT2D eigenvalue weighted by atomic mass is 10.3. The SMILES string of the molecule is O=C(Nc1ccc(I)cc1)C(=O)Nc1cccc(Cl)c1. The van der Waals surface area contributed by atoms with Crippen LogP contribution in [0.4, 0.5) is 11.4 Å². The van der Waals surface area contributed by atoms with Gasteiger partial charge in [0.25, 0.3) is 0 Å². The number of carbonyl (C=O) groups excluding carboxylic acids is 2. The molecule has 0 atom stereocenters. The molecule has 2 aromatic carbocycles. The van der Waals surface area contributed by atoms with Gasteiger partial charge < -0.3 is 10.6 Å². The molecule has 6 heteroatoms. The summed E-state index contributed by atoms with van der Waals surface area (Å²) in [5, 5.41) is 5.48. The van der Waals surface area contributed by atoms with E-state index in [2.05, 4.69) is 33.2 Å². The van der Waals surface area contributed by atoms with Crippen LogP contribution in [0.15, 0.2) is 48.5 Å². The fraction of sp³-hybridized carbons (Fsp3) is 0. The van der Waals surface area contributed by atoms with Gasteiger partial charge in [0.1, 0.15) is 0 Å². The van der Waals surface area contributed by atoms with Gasteiger partial charge in [-0.2, -0.15) is 0 Å². The molecule has 0 fully saturated rings. The first-order valence-electron chi connectivity index (χ1n) is 5.68. The van der Waals surface area contributed by atoms with Crippen LogP contribution in [0.25, 0.3) is 0 Å². The molecule has 0 aromatic heterocycles. The van der Waals surface area contributed by atoms with Gasteiger partial charge in [0.15, 0.2) is 0 Å². The van der Waals surface area contributed by atoms with E-state index in [-0.39, 0.29) is 0 Å². The lowest BCUT2D eigenvalue weighted by molar-refractivity contribution is -0.132. The van der Waals surface area contributed by atoms with Crippen molar-refractivity contribution in [3.63, 3.8) is 0 Å². The van der Waals surface area contributed by atoms with Gasteiger partial charge in [-0.05, 0) is 65.1 Å². The molecule has 2 amide bonds. The molecule has 102 valence electrons. The van der Waals surface area contributed by atoms with Gasteiger partial charge in [-0.3, -0.25) is 9.59 Å². The number of benzene rings is 2. The van der Waals surface area contributed by atoms with E-state index < -0.39 is 11.8 Å². The Morgan fingerprint density at radius 1 is 0.900 bits per heavy atom. The van der Waals surface area contributed by atoms with E-state index in [9.17, 15) is 9.59 Å². The van der Waals surface area contributed by atoms with Gasteiger partial charge in [0.05, 0.1) is 0 Å². The normalized spacial score (nSPS) is 9.90. The van der Waals surface area contributed by atoms with Crippen LogP contribution in [0.3, 0.4) is 0 Å². The molecule has 0 aliphatic heterocycles. The highest BCUT2D eigenvalue weighted by Crippen LogP contribution is 2.15. The lowest BCUT2D eigenvalue weighted by Crippen LogP contribution is -2.29. The molecule has 2 rings (SSSR count). The van der Waals surface area contributed by atoms with E-state index in [1.807, 2.05) is 12.1 Å². The van der Waals surface area contributed by atoms with Gasteiger partial charge in [-0.25, -0.2) is 0 Å². The van der Waals surface area contributed by atoms with Gasteiger partial charge in [-0.15, -0.1) is 0 Å². The van der Waals surface area contributed by atoms with Gasteiger partial charge in [0, 0.05) is 20.0 Å². The second kappa shape index (κ2) is 6.71. The second-order valence-corrected chi connectivity index (χ2v) is 5.61. The summed E-state index contributed by atoms with van der Waals surface area (Å²) in [4.78, 5) is 23.5. The highest BCUT2D eigenvalue weighted by Gasteiger charge is 2.13. The van der Waals surface area contributed by atoms with E-state index in [1.54, 1.807) is 36.4 Å². The second-order valence-electron chi connectivity index (χ2n) is 3.93. The molecule has 20 heavy (non-hydrogen) atoms. The summed E-state index contributed by atoms with van der Waals surface area (Å²) in [6.45, 7) is 0. The van der Waals surface area contributed by atoms with Crippen molar-refractivity contribution in [2.24, 2.45) is 0 Å². The Bertz CT molecular complexity index is 644. The minimum absolute atomic E-state index is 0.472. The smallest absolute Gasteiger partial charge is 0.314 e. The number of nitrogens with one attached hydrogen (secondary N) is 2. The molecule has 0 bridgehead atoms. The molecule has 4 nitrogen and oxygen atoms in total. The van der Waals surface area contributed by atoms with Crippen LogP contribution in [0.5, 0.6) is 0 Å². The van der Waals surface area contributed by atoms with Gasteiger partial charge >= 0.3 is 11.8 Å². The largest absolute Gasteiger partial charge is 0.318 e. The quantitative estimate of drug-likeness (QED) is 0.599. The summed E-state index contributed by atoms with van der Waals surface area (Å²) in [7, 11) is 0. The molecule has 0 spiro atoms. The monoisotopic (exact) mass is 400 g/mol. The van der Waals surface area contributed by atoms with Crippen LogP contribution in [-0.2, 0) is 9.59 Å². The summed E-state index contributed by atoms with van der Waals surface area (Å²) < 4.78 is 1.05. The summed E-state index contributed by atoms with van der Waals surface area (Å²) in [6, 6.07) is 13.7. The van der Waals surface area contributed by atoms with Crippen molar-refractivity contribution in [3.8, 4) is 0 Å². The summed E-state index contributed by atoms with van der Waals surface area (Å²) >= 11 is 7.96. The Morgan fingerprint density at radius 2 is 1.50 bits per heavy atom. The standard InChI is InChI=1S/C14H10ClIN2O2/c15-9-2-1-3-12(8-9)18-14(20)13(19)17-11-6-4-10(16)5-7-11/h1-8H,(H,17,19)(H,18,20). The zero-order valence-electron chi connectivity index (χ0n) is 10.2. The average molecular weight is 401 g/mol. The molecule has 0 aliphatic carbocycles. The van der Waals surface area contributed by atoms with Crippen LogP contribution in [0.1, 0.15) is 0 Å². The first-order valence-corrected chi connectivity index (χ1v) is 7.14. The third-order valence-electron chi connectivity index (χ3n) is 2.39. The van der Waals surface area contributed by atoms with Crippen molar-refractivity contribution in [2.45, 2.75) is 0 Å². The third kappa shape index (κ3) is 4.21. The fourth-order valence-corrected chi connectivity index (χ4v) is 2.03. The summed E-state index contributed by atoms with van der Waals surface area (Å²) in [5.41, 5.74) is 1.04. The maximum atomic E-state index is 11.7. The molecule has 2 N–H and O–H groups in total. The Hall–Kier alpha value is -1.60. The number of amides is 2. The number of rotatable bonds is 2. The van der Waals surface area contributed by atoms with E-state index in [4.69, 9.17) is 11.6 Å². The Labute approximate surface area is 134 Å². The number of halogens is 2. The molecular weight excluding hydrogens is 391 g/mol. The van der Waals surface area contributed by atoms with Crippen molar-refractivity contribution in [1.29, 1.82) is 0 Å². The Morgan fingerprint density at radius 3 is 2.10 bits per heavy atom. The molecule has 0 heterocycles. The van der Waals surface area contributed by atoms with Crippen molar-refractivity contribution in [2.75, 3.05) is 10.6 Å². The van der Waals surface area contributed by atoms with Crippen LogP contribution in [0.2, 0.25) is 5.02 Å². The number of carbonyl (C=O) groups is 2. The summed E-state index contributed by atoms with van der Waals surface area (Å²) in [5.74, 6) is -1.47. The van der Waals surface area contributed by atoms with Gasteiger partial charge in [-0.1, -0.05) is 17.7 Å². The maximum Gasteiger partial charge on any atom is 0.314 e. The Kier molecular flexibility index (Phi) is 4.97. The first-order chi connectivity index (χ1) is 9.54. The topological polar surface area (TPSA) is 58.2 Å². The molecule has 2 aromatic rings. The van der Waals surface area contributed by atoms with Crippen LogP contribution >= 0.6 is 34.2 Å². The summed E-state index contributed by atoms with van der Waals surface area (Å²) in [6.07, 6.45) is 0. The molecule has 0 saturated carbocycles. The van der Waals surface area contributed by atoms with Gasteiger partial charge in [0.2, 0.25) is 0 Å². The lowest BCUT2D eigenvalue weighted by Gasteiger charge is -2.06. The van der Waals surface area contributed by atoms with Crippen LogP contribution in [0, 0.1) is 3.57 Å². The fourth-order valence-electron chi connectivity index (χ4n) is 1.48. The zero-order chi connectivity index (χ0) is 14.5. The average Bonchev–Trinajstić information content (AvgIpc) is 2.41. The maximum absolute atomic E-state index is 11.7. The predicted octanol–water partition coefficient (Wildman–Crippen LogP) is 3.52. The van der Waals surface area contributed by atoms with E-state index in [0.29, 0.717) is 16.4 Å². The third-order valence-corrected chi connectivity index (χ3v) is 3.35. The minimum Gasteiger partial charge on any atom is -0.318 e. The molecule has 0 radical (unpaired) electrons. The van der Waals surface area contributed by atoms with Crippen molar-refractivity contribution in [3.05, 3.63) is 57.1 Å². The molecule has 0 aliphatic rings. The number of anilines is 2. The van der Waals surface area contributed by atoms with Crippen molar-refractivity contribution < 1.29 is 9.59 Å². The van der Waals surface area contributed by atoms with Crippen LogP contribution < -0.4 is 10.6 Å². The zero-order valence-corrected chi connectivity index (χ0v) is 13.1. The molecule has 0 unspecified atom stereocenters. The van der Waals surface area contributed by atoms with E-state index in [1.165, 1.54) is 0 Å². The predicted molar refractivity (Wildman–Crippen MR) is 87.9 cm³/mol. The van der Waals surface area contributed by atoms with E-state index >= 15 is 0 Å². The van der Waals surface area contributed by atoms with Crippen molar-refractivity contribution >= 4 is 57.4 Å². The number of hydrogen-bond donors (Lipinski definition) is 2. The Balaban J connectivity index is 1.98. The first kappa shape index (κ1) is 14.8. The van der Waals surface area contributed by atoms with Crippen LogP contribution in [-0.4, -0.2) is 11.8 Å². The highest BCUT2D eigenvalue weighted by molar-refractivity contribution is 14.1. The van der Waals surface area contributed by atoms with E-state index in [0.717, 1.165) is 3.57 Å². The number of hydrogen-bond acceptors (Lipinski definition) is 2. The molecular formula is C14H10ClIN2O2. The van der Waals surface area contributed by atoms with Crippen molar-refractivity contribution in [1.82, 2.24) is 0 Å². The highest BCUT2D eigenvalue weighted by atomic mass is 127. The molecule has 0 saturated heterocycles. The minimum atomic E-state index is -0.745.